The topological polar surface area (TPSA) is 53.0 Å². The maximum atomic E-state index is 12.8. The first kappa shape index (κ1) is 14.7. The second-order valence-corrected chi connectivity index (χ2v) is 5.18. The van der Waals surface area contributed by atoms with Crippen molar-refractivity contribution in [2.75, 3.05) is 18.0 Å². The lowest BCUT2D eigenvalue weighted by Gasteiger charge is -2.24. The van der Waals surface area contributed by atoms with Crippen molar-refractivity contribution in [3.8, 4) is 6.07 Å². The Labute approximate surface area is 115 Å². The Morgan fingerprint density at radius 2 is 2.15 bits per heavy atom. The molecule has 1 aromatic carbocycles. The molecule has 1 saturated heterocycles. The molecule has 0 amide bonds. The highest BCUT2D eigenvalue weighted by Gasteiger charge is 2.35. The van der Waals surface area contributed by atoms with Gasteiger partial charge in [0.15, 0.2) is 0 Å². The van der Waals surface area contributed by atoms with Gasteiger partial charge in [0.25, 0.3) is 0 Å². The van der Waals surface area contributed by atoms with Gasteiger partial charge in [-0.25, -0.2) is 0 Å². The normalized spacial score (nSPS) is 22.9. The van der Waals surface area contributed by atoms with Crippen LogP contribution in [0.2, 0.25) is 0 Å². The molecule has 1 fully saturated rings. The van der Waals surface area contributed by atoms with Crippen molar-refractivity contribution in [3.05, 3.63) is 29.3 Å². The zero-order chi connectivity index (χ0) is 14.9. The smallest absolute Gasteiger partial charge is 0.368 e. The van der Waals surface area contributed by atoms with Crippen LogP contribution in [0.25, 0.3) is 0 Å². The molecule has 0 aromatic heterocycles. The number of anilines is 1. The SMILES string of the molecule is CC1CC(CN)CN1c1ccc(C(F)(F)F)c(C#N)c1. The first-order valence-electron chi connectivity index (χ1n) is 6.45. The largest absolute Gasteiger partial charge is 0.417 e. The molecule has 1 aromatic rings. The number of halogens is 3. The van der Waals surface area contributed by atoms with Crippen LogP contribution in [0.3, 0.4) is 0 Å². The molecule has 108 valence electrons. The summed E-state index contributed by atoms with van der Waals surface area (Å²) in [5, 5.41) is 8.92. The molecular formula is C14H16F3N3. The molecule has 2 rings (SSSR count). The van der Waals surface area contributed by atoms with Crippen LogP contribution in [0, 0.1) is 17.2 Å². The van der Waals surface area contributed by atoms with E-state index in [2.05, 4.69) is 0 Å². The third kappa shape index (κ3) is 2.73. The molecule has 0 spiro atoms. The van der Waals surface area contributed by atoms with Gasteiger partial charge in [-0.15, -0.1) is 0 Å². The minimum absolute atomic E-state index is 0.215. The van der Waals surface area contributed by atoms with Gasteiger partial charge in [0.1, 0.15) is 0 Å². The minimum Gasteiger partial charge on any atom is -0.368 e. The van der Waals surface area contributed by atoms with Crippen LogP contribution >= 0.6 is 0 Å². The Morgan fingerprint density at radius 3 is 2.65 bits per heavy atom. The van der Waals surface area contributed by atoms with Crippen molar-refractivity contribution < 1.29 is 13.2 Å². The van der Waals surface area contributed by atoms with Gasteiger partial charge < -0.3 is 10.6 Å². The molecule has 2 atom stereocenters. The predicted octanol–water partition coefficient (Wildman–Crippen LogP) is 2.75. The lowest BCUT2D eigenvalue weighted by Crippen LogP contribution is -2.27. The van der Waals surface area contributed by atoms with Crippen LogP contribution in [-0.4, -0.2) is 19.1 Å². The van der Waals surface area contributed by atoms with Gasteiger partial charge in [-0.1, -0.05) is 0 Å². The Bertz CT molecular complexity index is 533. The Kier molecular flexibility index (Phi) is 3.91. The molecule has 6 heteroatoms. The molecule has 0 saturated carbocycles. The predicted molar refractivity (Wildman–Crippen MR) is 70.1 cm³/mol. The average Bonchev–Trinajstić information content (AvgIpc) is 2.78. The minimum atomic E-state index is -4.50. The Morgan fingerprint density at radius 1 is 1.45 bits per heavy atom. The molecular weight excluding hydrogens is 267 g/mol. The maximum absolute atomic E-state index is 12.8. The van der Waals surface area contributed by atoms with Gasteiger partial charge in [-0.2, -0.15) is 18.4 Å². The summed E-state index contributed by atoms with van der Waals surface area (Å²) in [5.41, 5.74) is 5.08. The van der Waals surface area contributed by atoms with E-state index in [9.17, 15) is 13.2 Å². The zero-order valence-electron chi connectivity index (χ0n) is 11.1. The van der Waals surface area contributed by atoms with Gasteiger partial charge in [-0.05, 0) is 44.0 Å². The third-order valence-electron chi connectivity index (χ3n) is 3.76. The standard InChI is InChI=1S/C14H16F3N3/c1-9-4-10(6-18)8-20(9)12-2-3-13(14(15,16)17)11(5-12)7-19/h2-3,5,9-10H,4,6,8,18H2,1H3. The molecule has 1 aliphatic rings. The van der Waals surface area contributed by atoms with E-state index in [1.807, 2.05) is 11.8 Å². The fourth-order valence-corrected chi connectivity index (χ4v) is 2.72. The van der Waals surface area contributed by atoms with Crippen molar-refractivity contribution >= 4 is 5.69 Å². The number of nitriles is 1. The maximum Gasteiger partial charge on any atom is 0.417 e. The number of hydrogen-bond donors (Lipinski definition) is 1. The lowest BCUT2D eigenvalue weighted by molar-refractivity contribution is -0.137. The van der Waals surface area contributed by atoms with E-state index in [1.54, 1.807) is 6.07 Å². The summed E-state index contributed by atoms with van der Waals surface area (Å²) >= 11 is 0. The summed E-state index contributed by atoms with van der Waals surface area (Å²) in [6.07, 6.45) is -3.58. The number of nitrogens with zero attached hydrogens (tertiary/aromatic N) is 2. The molecule has 3 nitrogen and oxygen atoms in total. The second-order valence-electron chi connectivity index (χ2n) is 5.18. The van der Waals surface area contributed by atoms with Crippen LogP contribution in [-0.2, 0) is 6.18 Å². The van der Waals surface area contributed by atoms with E-state index in [0.29, 0.717) is 24.7 Å². The van der Waals surface area contributed by atoms with E-state index in [-0.39, 0.29) is 11.6 Å². The highest BCUT2D eigenvalue weighted by Crippen LogP contribution is 2.35. The fraction of sp³-hybridized carbons (Fsp3) is 0.500. The number of benzene rings is 1. The first-order valence-corrected chi connectivity index (χ1v) is 6.45. The van der Waals surface area contributed by atoms with Crippen LogP contribution in [0.1, 0.15) is 24.5 Å². The number of nitrogens with two attached hydrogens (primary N) is 1. The fourth-order valence-electron chi connectivity index (χ4n) is 2.72. The molecule has 2 unspecified atom stereocenters. The lowest BCUT2D eigenvalue weighted by atomic mass is 10.1. The monoisotopic (exact) mass is 283 g/mol. The number of hydrogen-bond acceptors (Lipinski definition) is 3. The van der Waals surface area contributed by atoms with Crippen molar-refractivity contribution in [3.63, 3.8) is 0 Å². The summed E-state index contributed by atoms with van der Waals surface area (Å²) in [5.74, 6) is 0.345. The summed E-state index contributed by atoms with van der Waals surface area (Å²) < 4.78 is 38.3. The van der Waals surface area contributed by atoms with Gasteiger partial charge in [0.05, 0.1) is 17.2 Å². The quantitative estimate of drug-likeness (QED) is 0.908. The molecule has 0 radical (unpaired) electrons. The van der Waals surface area contributed by atoms with E-state index < -0.39 is 11.7 Å². The van der Waals surface area contributed by atoms with Crippen molar-refractivity contribution in [2.45, 2.75) is 25.6 Å². The van der Waals surface area contributed by atoms with Crippen LogP contribution in [0.15, 0.2) is 18.2 Å². The summed E-state index contributed by atoms with van der Waals surface area (Å²) in [7, 11) is 0. The van der Waals surface area contributed by atoms with E-state index in [4.69, 9.17) is 11.0 Å². The van der Waals surface area contributed by atoms with E-state index in [0.717, 1.165) is 12.5 Å². The summed E-state index contributed by atoms with van der Waals surface area (Å²) in [6.45, 7) is 3.29. The summed E-state index contributed by atoms with van der Waals surface area (Å²) in [4.78, 5) is 2.01. The van der Waals surface area contributed by atoms with Crippen LogP contribution in [0.5, 0.6) is 0 Å². The van der Waals surface area contributed by atoms with E-state index in [1.165, 1.54) is 12.1 Å². The van der Waals surface area contributed by atoms with Crippen LogP contribution in [0.4, 0.5) is 18.9 Å². The van der Waals surface area contributed by atoms with E-state index >= 15 is 0 Å². The Balaban J connectivity index is 2.34. The second kappa shape index (κ2) is 5.33. The molecule has 20 heavy (non-hydrogen) atoms. The molecule has 2 N–H and O–H groups in total. The van der Waals surface area contributed by atoms with Gasteiger partial charge >= 0.3 is 6.18 Å². The first-order chi connectivity index (χ1) is 9.36. The zero-order valence-corrected chi connectivity index (χ0v) is 11.1. The third-order valence-corrected chi connectivity index (χ3v) is 3.76. The summed E-state index contributed by atoms with van der Waals surface area (Å²) in [6, 6.07) is 5.58. The Hall–Kier alpha value is -1.74. The number of alkyl halides is 3. The molecule has 1 heterocycles. The number of rotatable bonds is 2. The van der Waals surface area contributed by atoms with Gasteiger partial charge in [0, 0.05) is 18.3 Å². The van der Waals surface area contributed by atoms with Crippen molar-refractivity contribution in [1.29, 1.82) is 5.26 Å². The highest BCUT2D eigenvalue weighted by molar-refractivity contribution is 5.56. The van der Waals surface area contributed by atoms with Crippen molar-refractivity contribution in [1.82, 2.24) is 0 Å². The highest BCUT2D eigenvalue weighted by atomic mass is 19.4. The van der Waals surface area contributed by atoms with Crippen molar-refractivity contribution in [2.24, 2.45) is 11.7 Å². The molecule has 0 aliphatic carbocycles. The average molecular weight is 283 g/mol. The van der Waals surface area contributed by atoms with Crippen LogP contribution < -0.4 is 10.6 Å². The van der Waals surface area contributed by atoms with Gasteiger partial charge in [-0.3, -0.25) is 0 Å². The van der Waals surface area contributed by atoms with Gasteiger partial charge in [0.2, 0.25) is 0 Å². The molecule has 1 aliphatic heterocycles. The molecule has 0 bridgehead atoms.